The second kappa shape index (κ2) is 5.77. The van der Waals surface area contributed by atoms with Gasteiger partial charge in [0.15, 0.2) is 0 Å². The summed E-state index contributed by atoms with van der Waals surface area (Å²) in [5.41, 5.74) is 2.63. The number of aliphatic hydroxyl groups is 1. The van der Waals surface area contributed by atoms with Crippen LogP contribution in [0.15, 0.2) is 23.8 Å². The number of cyclic esters (lactones) is 1. The normalized spacial score (nSPS) is 41.7. The van der Waals surface area contributed by atoms with Crippen LogP contribution < -0.4 is 0 Å². The van der Waals surface area contributed by atoms with Gasteiger partial charge in [0.2, 0.25) is 6.29 Å². The third-order valence-electron chi connectivity index (χ3n) is 6.82. The number of fused-ring (bicyclic) bond motifs is 1. The summed E-state index contributed by atoms with van der Waals surface area (Å²) in [5, 5.41) is 9.46. The molecule has 0 amide bonds. The fourth-order valence-electron chi connectivity index (χ4n) is 5.65. The molecule has 0 bridgehead atoms. The fraction of sp³-hybridized carbons (Fsp3) is 0.750. The average molecular weight is 318 g/mol. The molecule has 2 aliphatic carbocycles. The smallest absolute Gasteiger partial charge is 0.336 e. The minimum absolute atomic E-state index is 0.273. The molecule has 3 fully saturated rings. The number of ether oxygens (including phenoxy) is 1. The molecule has 0 radical (unpaired) electrons. The first kappa shape index (κ1) is 16.8. The van der Waals surface area contributed by atoms with E-state index in [0.29, 0.717) is 23.3 Å². The lowest BCUT2D eigenvalue weighted by Crippen LogP contribution is -2.49. The molecule has 1 saturated heterocycles. The molecule has 4 atom stereocenters. The maximum Gasteiger partial charge on any atom is 0.336 e. The molecule has 0 aromatic heterocycles. The van der Waals surface area contributed by atoms with Crippen LogP contribution >= 0.6 is 0 Å². The highest BCUT2D eigenvalue weighted by molar-refractivity contribution is 5.90. The van der Waals surface area contributed by atoms with E-state index < -0.39 is 6.29 Å². The minimum Gasteiger partial charge on any atom is -0.432 e. The molecule has 128 valence electrons. The van der Waals surface area contributed by atoms with Gasteiger partial charge in [-0.1, -0.05) is 45.4 Å². The summed E-state index contributed by atoms with van der Waals surface area (Å²) in [6.07, 6.45) is 8.40. The number of allylic oxidation sites excluding steroid dienone is 2. The zero-order chi connectivity index (χ0) is 16.8. The highest BCUT2D eigenvalue weighted by atomic mass is 16.6. The number of esters is 1. The van der Waals surface area contributed by atoms with Gasteiger partial charge in [-0.25, -0.2) is 4.79 Å². The monoisotopic (exact) mass is 318 g/mol. The summed E-state index contributed by atoms with van der Waals surface area (Å²) in [4.78, 5) is 11.7. The number of carbonyl (C=O) groups is 1. The standard InChI is InChI=1S/C20H30O3/c1-13-6-9-16-19(2,3)10-5-11-20(16,4)15(13)8-7-14-12-17(21)23-18(14)22/h7,15-17,21H,1,5-6,8-12H2,2-4H3/t15?,16?,17?,20-/m1/s1. The Kier molecular flexibility index (Phi) is 4.20. The summed E-state index contributed by atoms with van der Waals surface area (Å²) >= 11 is 0. The van der Waals surface area contributed by atoms with Gasteiger partial charge in [0.05, 0.1) is 0 Å². The Balaban J connectivity index is 1.83. The number of carbonyl (C=O) groups excluding carboxylic acids is 1. The van der Waals surface area contributed by atoms with Crippen LogP contribution in [-0.4, -0.2) is 17.4 Å². The molecule has 2 saturated carbocycles. The van der Waals surface area contributed by atoms with E-state index in [4.69, 9.17) is 4.74 Å². The summed E-state index contributed by atoms with van der Waals surface area (Å²) in [6, 6.07) is 0. The SMILES string of the molecule is C=C1CCC2C(C)(C)CCC[C@]2(C)C1CC=C1CC(O)OC1=O. The summed E-state index contributed by atoms with van der Waals surface area (Å²) in [6.45, 7) is 11.6. The van der Waals surface area contributed by atoms with Gasteiger partial charge in [-0.05, 0) is 54.8 Å². The number of aliphatic hydroxyl groups excluding tert-OH is 1. The highest BCUT2D eigenvalue weighted by Gasteiger charge is 2.52. The van der Waals surface area contributed by atoms with Gasteiger partial charge in [0, 0.05) is 12.0 Å². The van der Waals surface area contributed by atoms with Crippen LogP contribution in [0.1, 0.15) is 65.7 Å². The van der Waals surface area contributed by atoms with Gasteiger partial charge < -0.3 is 9.84 Å². The predicted molar refractivity (Wildman–Crippen MR) is 90.5 cm³/mol. The van der Waals surface area contributed by atoms with Crippen LogP contribution in [0.3, 0.4) is 0 Å². The van der Waals surface area contributed by atoms with E-state index in [-0.39, 0.29) is 11.4 Å². The van der Waals surface area contributed by atoms with Gasteiger partial charge >= 0.3 is 5.97 Å². The Bertz CT molecular complexity index is 545. The van der Waals surface area contributed by atoms with Crippen molar-refractivity contribution in [2.24, 2.45) is 22.7 Å². The van der Waals surface area contributed by atoms with Gasteiger partial charge in [-0.2, -0.15) is 0 Å². The van der Waals surface area contributed by atoms with E-state index in [9.17, 15) is 9.90 Å². The van der Waals surface area contributed by atoms with Crippen LogP contribution in [0.25, 0.3) is 0 Å². The number of hydrogen-bond acceptors (Lipinski definition) is 3. The quantitative estimate of drug-likeness (QED) is 0.467. The molecule has 3 nitrogen and oxygen atoms in total. The van der Waals surface area contributed by atoms with Crippen LogP contribution in [0, 0.1) is 22.7 Å². The lowest BCUT2D eigenvalue weighted by Gasteiger charge is -2.58. The van der Waals surface area contributed by atoms with E-state index in [1.807, 2.05) is 6.08 Å². The molecular formula is C20H30O3. The molecule has 3 rings (SSSR count). The van der Waals surface area contributed by atoms with Gasteiger partial charge in [-0.3, -0.25) is 0 Å². The average Bonchev–Trinajstić information content (AvgIpc) is 2.75. The number of hydrogen-bond donors (Lipinski definition) is 1. The van der Waals surface area contributed by atoms with E-state index in [1.54, 1.807) is 0 Å². The fourth-order valence-corrected chi connectivity index (χ4v) is 5.65. The maximum atomic E-state index is 11.7. The predicted octanol–water partition coefficient (Wildman–Crippen LogP) is 4.37. The van der Waals surface area contributed by atoms with Crippen molar-refractivity contribution in [3.8, 4) is 0 Å². The van der Waals surface area contributed by atoms with E-state index in [2.05, 4.69) is 27.4 Å². The zero-order valence-electron chi connectivity index (χ0n) is 14.7. The van der Waals surface area contributed by atoms with Crippen molar-refractivity contribution >= 4 is 5.97 Å². The molecule has 1 heterocycles. The van der Waals surface area contributed by atoms with Crippen molar-refractivity contribution < 1.29 is 14.6 Å². The molecule has 1 aliphatic heterocycles. The lowest BCUT2D eigenvalue weighted by atomic mass is 9.47. The van der Waals surface area contributed by atoms with Gasteiger partial charge in [0.25, 0.3) is 0 Å². The second-order valence-corrected chi connectivity index (χ2v) is 8.68. The molecule has 23 heavy (non-hydrogen) atoms. The maximum absolute atomic E-state index is 11.7. The first-order valence-electron chi connectivity index (χ1n) is 9.00. The van der Waals surface area contributed by atoms with E-state index in [0.717, 1.165) is 18.8 Å². The van der Waals surface area contributed by atoms with Crippen molar-refractivity contribution in [1.29, 1.82) is 0 Å². The van der Waals surface area contributed by atoms with Gasteiger partial charge in [0.1, 0.15) is 0 Å². The van der Waals surface area contributed by atoms with Crippen LogP contribution in [0.2, 0.25) is 0 Å². The molecule has 0 aromatic carbocycles. The molecule has 0 spiro atoms. The van der Waals surface area contributed by atoms with E-state index >= 15 is 0 Å². The second-order valence-electron chi connectivity index (χ2n) is 8.68. The Morgan fingerprint density at radius 1 is 1.35 bits per heavy atom. The highest BCUT2D eigenvalue weighted by Crippen LogP contribution is 2.61. The third-order valence-corrected chi connectivity index (χ3v) is 6.82. The number of rotatable bonds is 2. The molecule has 0 aromatic rings. The molecule has 1 N–H and O–H groups in total. The topological polar surface area (TPSA) is 46.5 Å². The molecule has 3 aliphatic rings. The first-order valence-corrected chi connectivity index (χ1v) is 9.00. The van der Waals surface area contributed by atoms with E-state index in [1.165, 1.54) is 31.3 Å². The summed E-state index contributed by atoms with van der Waals surface area (Å²) < 4.78 is 4.83. The minimum atomic E-state index is -0.958. The summed E-state index contributed by atoms with van der Waals surface area (Å²) in [5.74, 6) is 0.794. The van der Waals surface area contributed by atoms with Crippen molar-refractivity contribution in [1.82, 2.24) is 0 Å². The summed E-state index contributed by atoms with van der Waals surface area (Å²) in [7, 11) is 0. The Morgan fingerprint density at radius 2 is 2.09 bits per heavy atom. The Labute approximate surface area is 139 Å². The first-order chi connectivity index (χ1) is 10.7. The Morgan fingerprint density at radius 3 is 2.74 bits per heavy atom. The lowest BCUT2D eigenvalue weighted by molar-refractivity contribution is -0.152. The van der Waals surface area contributed by atoms with Crippen LogP contribution in [0.4, 0.5) is 0 Å². The molecule has 3 heteroatoms. The molecule has 3 unspecified atom stereocenters. The zero-order valence-corrected chi connectivity index (χ0v) is 14.7. The van der Waals surface area contributed by atoms with Crippen molar-refractivity contribution in [3.63, 3.8) is 0 Å². The van der Waals surface area contributed by atoms with Crippen LogP contribution in [0.5, 0.6) is 0 Å². The van der Waals surface area contributed by atoms with Gasteiger partial charge in [-0.15, -0.1) is 0 Å². The largest absolute Gasteiger partial charge is 0.432 e. The van der Waals surface area contributed by atoms with Crippen molar-refractivity contribution in [3.05, 3.63) is 23.8 Å². The van der Waals surface area contributed by atoms with Crippen LogP contribution in [-0.2, 0) is 9.53 Å². The third kappa shape index (κ3) is 2.88. The van der Waals surface area contributed by atoms with Crippen molar-refractivity contribution in [2.75, 3.05) is 0 Å². The molecular weight excluding hydrogens is 288 g/mol. The van der Waals surface area contributed by atoms with Crippen molar-refractivity contribution in [2.45, 2.75) is 72.0 Å². The Hall–Kier alpha value is -1.09.